The first-order valence-corrected chi connectivity index (χ1v) is 10.8. The van der Waals surface area contributed by atoms with Gasteiger partial charge in [0.2, 0.25) is 0 Å². The Labute approximate surface area is 186 Å². The highest BCUT2D eigenvalue weighted by molar-refractivity contribution is 9.10. The number of benzene rings is 2. The predicted molar refractivity (Wildman–Crippen MR) is 124 cm³/mol. The van der Waals surface area contributed by atoms with E-state index in [4.69, 9.17) is 16.0 Å². The third-order valence-electron chi connectivity index (χ3n) is 4.31. The minimum absolute atomic E-state index is 0.194. The summed E-state index contributed by atoms with van der Waals surface area (Å²) in [6.45, 7) is 4.03. The van der Waals surface area contributed by atoms with Crippen molar-refractivity contribution in [2.75, 3.05) is 0 Å². The molecule has 0 saturated carbocycles. The van der Waals surface area contributed by atoms with E-state index in [0.29, 0.717) is 26.6 Å². The average Bonchev–Trinajstić information content (AvgIpc) is 3.27. The van der Waals surface area contributed by atoms with Gasteiger partial charge in [0.05, 0.1) is 10.6 Å². The number of hydrogen-bond acceptors (Lipinski definition) is 4. The van der Waals surface area contributed by atoms with Crippen LogP contribution in [0.15, 0.2) is 67.3 Å². The van der Waals surface area contributed by atoms with Gasteiger partial charge in [-0.15, -0.1) is 0 Å². The molecule has 1 amide bonds. The first-order chi connectivity index (χ1) is 13.9. The number of furan rings is 1. The molecule has 7 heteroatoms. The fourth-order valence-electron chi connectivity index (χ4n) is 2.94. The second-order valence-electron chi connectivity index (χ2n) is 6.59. The maximum absolute atomic E-state index is 12.3. The lowest BCUT2D eigenvalue weighted by molar-refractivity contribution is -0.115. The van der Waals surface area contributed by atoms with E-state index < -0.39 is 0 Å². The van der Waals surface area contributed by atoms with Crippen LogP contribution in [0.1, 0.15) is 16.9 Å². The van der Waals surface area contributed by atoms with Crippen LogP contribution in [0.3, 0.4) is 0 Å². The van der Waals surface area contributed by atoms with Gasteiger partial charge in [-0.05, 0) is 73.1 Å². The zero-order chi connectivity index (χ0) is 20.5. The lowest BCUT2D eigenvalue weighted by Crippen LogP contribution is -2.19. The van der Waals surface area contributed by atoms with Crippen LogP contribution in [0, 0.1) is 13.8 Å². The topological polar surface area (TPSA) is 54.6 Å². The minimum atomic E-state index is -0.194. The number of carbonyl (C=O) groups is 1. The summed E-state index contributed by atoms with van der Waals surface area (Å²) in [7, 11) is 0. The van der Waals surface area contributed by atoms with Crippen LogP contribution in [-0.2, 0) is 4.79 Å². The first kappa shape index (κ1) is 20.0. The monoisotopic (exact) mass is 486 g/mol. The highest BCUT2D eigenvalue weighted by atomic mass is 79.9. The molecule has 4 nitrogen and oxygen atoms in total. The van der Waals surface area contributed by atoms with Crippen molar-refractivity contribution in [1.29, 1.82) is 0 Å². The number of thioether (sulfide) groups is 1. The smallest absolute Gasteiger partial charge is 0.264 e. The second-order valence-corrected chi connectivity index (χ2v) is 8.85. The molecular formula is C22H16BrClN2O2S. The van der Waals surface area contributed by atoms with Crippen molar-refractivity contribution < 1.29 is 9.21 Å². The Morgan fingerprint density at radius 1 is 1.14 bits per heavy atom. The molecule has 1 saturated heterocycles. The van der Waals surface area contributed by atoms with E-state index >= 15 is 0 Å². The molecule has 0 spiro atoms. The largest absolute Gasteiger partial charge is 0.457 e. The van der Waals surface area contributed by atoms with Crippen LogP contribution < -0.4 is 5.32 Å². The third kappa shape index (κ3) is 4.50. The van der Waals surface area contributed by atoms with Gasteiger partial charge in [-0.1, -0.05) is 39.7 Å². The van der Waals surface area contributed by atoms with E-state index in [1.54, 1.807) is 6.08 Å². The molecule has 146 valence electrons. The highest BCUT2D eigenvalue weighted by Gasteiger charge is 2.24. The van der Waals surface area contributed by atoms with Crippen molar-refractivity contribution in [1.82, 2.24) is 5.32 Å². The summed E-state index contributed by atoms with van der Waals surface area (Å²) in [5.74, 6) is 1.09. The van der Waals surface area contributed by atoms with E-state index in [9.17, 15) is 4.79 Å². The molecule has 0 atom stereocenters. The molecule has 29 heavy (non-hydrogen) atoms. The van der Waals surface area contributed by atoms with Crippen LogP contribution in [0.25, 0.3) is 17.4 Å². The summed E-state index contributed by atoms with van der Waals surface area (Å²) in [6, 6.07) is 15.1. The molecule has 2 aromatic carbocycles. The summed E-state index contributed by atoms with van der Waals surface area (Å²) in [5, 5.41) is 3.99. The Bertz CT molecular complexity index is 1160. The minimum Gasteiger partial charge on any atom is -0.457 e. The van der Waals surface area contributed by atoms with Gasteiger partial charge in [-0.2, -0.15) is 0 Å². The van der Waals surface area contributed by atoms with Crippen molar-refractivity contribution in [2.24, 2.45) is 4.99 Å². The predicted octanol–water partition coefficient (Wildman–Crippen LogP) is 6.87. The molecule has 1 aliphatic heterocycles. The zero-order valence-electron chi connectivity index (χ0n) is 15.6. The molecule has 0 bridgehead atoms. The highest BCUT2D eigenvalue weighted by Crippen LogP contribution is 2.32. The maximum atomic E-state index is 12.3. The van der Waals surface area contributed by atoms with E-state index in [2.05, 4.69) is 26.2 Å². The number of carbonyl (C=O) groups excluding carboxylic acids is 1. The number of aliphatic imine (C=N–C) groups is 1. The number of rotatable bonds is 3. The number of aryl methyl sites for hydroxylation is 2. The molecular weight excluding hydrogens is 472 g/mol. The van der Waals surface area contributed by atoms with E-state index in [0.717, 1.165) is 26.9 Å². The van der Waals surface area contributed by atoms with E-state index in [1.165, 1.54) is 11.8 Å². The van der Waals surface area contributed by atoms with Gasteiger partial charge >= 0.3 is 0 Å². The molecule has 2 heterocycles. The number of amidine groups is 1. The van der Waals surface area contributed by atoms with Crippen molar-refractivity contribution in [3.8, 4) is 11.3 Å². The van der Waals surface area contributed by atoms with Gasteiger partial charge in [0.15, 0.2) is 5.17 Å². The molecule has 0 radical (unpaired) electrons. The Balaban J connectivity index is 1.56. The summed E-state index contributed by atoms with van der Waals surface area (Å²) in [6.07, 6.45) is 1.72. The van der Waals surface area contributed by atoms with E-state index in [1.807, 2.05) is 62.4 Å². The van der Waals surface area contributed by atoms with Crippen LogP contribution in [0.4, 0.5) is 5.69 Å². The van der Waals surface area contributed by atoms with Gasteiger partial charge in [-0.25, -0.2) is 4.99 Å². The van der Waals surface area contributed by atoms with Crippen LogP contribution >= 0.6 is 39.3 Å². The van der Waals surface area contributed by atoms with Crippen molar-refractivity contribution in [3.05, 3.63) is 79.8 Å². The van der Waals surface area contributed by atoms with Gasteiger partial charge < -0.3 is 9.73 Å². The lowest BCUT2D eigenvalue weighted by atomic mass is 10.1. The number of nitrogens with one attached hydrogen (secondary N) is 1. The number of amides is 1. The van der Waals surface area contributed by atoms with Crippen molar-refractivity contribution in [3.63, 3.8) is 0 Å². The van der Waals surface area contributed by atoms with Gasteiger partial charge in [0, 0.05) is 21.1 Å². The zero-order valence-corrected chi connectivity index (χ0v) is 18.8. The van der Waals surface area contributed by atoms with Gasteiger partial charge in [0.25, 0.3) is 5.91 Å². The quantitative estimate of drug-likeness (QED) is 0.410. The van der Waals surface area contributed by atoms with Gasteiger partial charge in [-0.3, -0.25) is 4.79 Å². The average molecular weight is 488 g/mol. The summed E-state index contributed by atoms with van der Waals surface area (Å²) < 4.78 is 6.93. The lowest BCUT2D eigenvalue weighted by Gasteiger charge is -2.04. The normalized spacial score (nSPS) is 16.6. The van der Waals surface area contributed by atoms with Gasteiger partial charge in [0.1, 0.15) is 11.5 Å². The molecule has 1 aromatic heterocycles. The van der Waals surface area contributed by atoms with Crippen molar-refractivity contribution in [2.45, 2.75) is 13.8 Å². The Morgan fingerprint density at radius 2 is 1.90 bits per heavy atom. The number of halogens is 2. The number of nitrogens with zero attached hydrogens (tertiary/aromatic N) is 1. The summed E-state index contributed by atoms with van der Waals surface area (Å²) in [4.78, 5) is 17.4. The van der Waals surface area contributed by atoms with Crippen LogP contribution in [0.2, 0.25) is 5.02 Å². The fraction of sp³-hybridized carbons (Fsp3) is 0.0909. The standard InChI is InChI=1S/C22H16BrClN2O2S/c1-12-8-16(9-13(2)20(12)23)25-22-26-21(27)19(29-22)11-17-6-7-18(28-17)14-4-3-5-15(24)10-14/h3-11H,1-2H3,(H,25,26,27)/b19-11-. The second kappa shape index (κ2) is 8.22. The molecule has 4 rings (SSSR count). The molecule has 3 aromatic rings. The summed E-state index contributed by atoms with van der Waals surface area (Å²) in [5.41, 5.74) is 3.87. The third-order valence-corrected chi connectivity index (χ3v) is 6.71. The molecule has 1 N–H and O–H groups in total. The maximum Gasteiger partial charge on any atom is 0.264 e. The molecule has 1 aliphatic rings. The van der Waals surface area contributed by atoms with E-state index in [-0.39, 0.29) is 5.91 Å². The SMILES string of the molecule is Cc1cc(N=C2NC(=O)/C(=C/c3ccc(-c4cccc(Cl)c4)o3)S2)cc(C)c1Br. The molecule has 0 unspecified atom stereocenters. The Kier molecular flexibility index (Phi) is 5.67. The molecule has 0 aliphatic carbocycles. The van der Waals surface area contributed by atoms with Crippen LogP contribution in [-0.4, -0.2) is 11.1 Å². The summed E-state index contributed by atoms with van der Waals surface area (Å²) >= 11 is 10.9. The molecule has 1 fully saturated rings. The Hall–Kier alpha value is -2.28. The van der Waals surface area contributed by atoms with Crippen LogP contribution in [0.5, 0.6) is 0 Å². The number of hydrogen-bond donors (Lipinski definition) is 1. The van der Waals surface area contributed by atoms with Crippen molar-refractivity contribution >= 4 is 62.1 Å². The fourth-order valence-corrected chi connectivity index (χ4v) is 4.18. The first-order valence-electron chi connectivity index (χ1n) is 8.81. The Morgan fingerprint density at radius 3 is 2.62 bits per heavy atom.